The summed E-state index contributed by atoms with van der Waals surface area (Å²) in [6, 6.07) is -1.96. The van der Waals surface area contributed by atoms with E-state index in [0.29, 0.717) is 0 Å². The van der Waals surface area contributed by atoms with Crippen molar-refractivity contribution in [3.05, 3.63) is 0 Å². The summed E-state index contributed by atoms with van der Waals surface area (Å²) in [6.07, 6.45) is -7.78. The zero-order valence-electron chi connectivity index (χ0n) is 8.23. The molecule has 0 aliphatic carbocycles. The van der Waals surface area contributed by atoms with Gasteiger partial charge in [-0.15, -0.1) is 0 Å². The van der Waals surface area contributed by atoms with Gasteiger partial charge < -0.3 is 20.2 Å². The number of aliphatic hydroxyl groups excluding tert-OH is 2. The molecule has 0 spiro atoms. The quantitative estimate of drug-likeness (QED) is 0.385. The molecular weight excluding hydrogens is 249 g/mol. The Morgan fingerprint density at radius 3 is 2.29 bits per heavy atom. The maximum Gasteiger partial charge on any atom is 0.471 e. The summed E-state index contributed by atoms with van der Waals surface area (Å²) in [5.41, 5.74) is 0. The van der Waals surface area contributed by atoms with E-state index in [1.807, 2.05) is 0 Å². The molecule has 0 aromatic heterocycles. The number of likely N-dealkylation sites (tertiary alicyclic amines) is 1. The molecule has 1 aliphatic heterocycles. The lowest BCUT2D eigenvalue weighted by Crippen LogP contribution is -2.52. The zero-order chi connectivity index (χ0) is 13.6. The van der Waals surface area contributed by atoms with Crippen LogP contribution in [-0.2, 0) is 4.79 Å². The van der Waals surface area contributed by atoms with Crippen molar-refractivity contribution in [2.45, 2.75) is 30.1 Å². The first-order valence-electron chi connectivity index (χ1n) is 4.40. The second-order valence-corrected chi connectivity index (χ2v) is 3.58. The van der Waals surface area contributed by atoms with Crippen molar-refractivity contribution >= 4 is 13.8 Å². The topological polar surface area (TPSA) is 81.0 Å². The van der Waals surface area contributed by atoms with E-state index in [-0.39, 0.29) is 4.90 Å². The van der Waals surface area contributed by atoms with E-state index >= 15 is 0 Å². The summed E-state index contributed by atoms with van der Waals surface area (Å²) < 4.78 is 49.8. The van der Waals surface area contributed by atoms with E-state index in [4.69, 9.17) is 23.2 Å². The Hall–Kier alpha value is -0.865. The molecule has 0 bridgehead atoms. The van der Waals surface area contributed by atoms with Crippen LogP contribution in [0.4, 0.5) is 17.6 Å². The fourth-order valence-corrected chi connectivity index (χ4v) is 1.61. The van der Waals surface area contributed by atoms with Gasteiger partial charge in [0.05, 0.1) is 18.6 Å². The lowest BCUT2D eigenvalue weighted by Gasteiger charge is -2.28. The van der Waals surface area contributed by atoms with Crippen LogP contribution in [0.5, 0.6) is 0 Å². The molecule has 17 heavy (non-hydrogen) atoms. The van der Waals surface area contributed by atoms with E-state index < -0.39 is 42.6 Å². The van der Waals surface area contributed by atoms with Crippen LogP contribution in [0.15, 0.2) is 0 Å². The molecule has 10 heteroatoms. The predicted molar refractivity (Wildman–Crippen MR) is 45.4 cm³/mol. The summed E-state index contributed by atoms with van der Waals surface area (Å²) in [6.45, 7) is -1.18. The van der Waals surface area contributed by atoms with Gasteiger partial charge in [-0.2, -0.15) is 13.2 Å². The van der Waals surface area contributed by atoms with Gasteiger partial charge in [0.1, 0.15) is 14.0 Å². The van der Waals surface area contributed by atoms with Gasteiger partial charge in [0.25, 0.3) is 0 Å². The second-order valence-electron chi connectivity index (χ2n) is 3.58. The minimum absolute atomic E-state index is 0.315. The first kappa shape index (κ1) is 14.2. The Morgan fingerprint density at radius 1 is 1.47 bits per heavy atom. The summed E-state index contributed by atoms with van der Waals surface area (Å²) in [4.78, 5) is 10.6. The van der Waals surface area contributed by atoms with E-state index in [1.165, 1.54) is 0 Å². The number of carbonyl (C=O) groups is 1. The van der Waals surface area contributed by atoms with E-state index in [9.17, 15) is 22.4 Å². The predicted octanol–water partition coefficient (Wildman–Crippen LogP) is -1.73. The molecule has 5 nitrogen and oxygen atoms in total. The zero-order valence-corrected chi connectivity index (χ0v) is 8.23. The van der Waals surface area contributed by atoms with Crippen LogP contribution in [-0.4, -0.2) is 70.7 Å². The van der Waals surface area contributed by atoms with Crippen LogP contribution in [0.1, 0.15) is 0 Å². The average Bonchev–Trinajstić information content (AvgIpc) is 2.36. The summed E-state index contributed by atoms with van der Waals surface area (Å²) in [7, 11) is 4.92. The highest BCUT2D eigenvalue weighted by atomic mass is 19.4. The summed E-state index contributed by atoms with van der Waals surface area (Å²) in [5.74, 6) is -8.57. The number of alkyl halides is 4. The Labute approximate surface area is 94.0 Å². The fourth-order valence-electron chi connectivity index (χ4n) is 1.61. The SMILES string of the molecule is [B][C@@H]1N(C(=O)C(F)(F)F)[C@H](CO)[C@@H](O)[C@@]1(O)F. The van der Waals surface area contributed by atoms with Crippen LogP contribution in [0.2, 0.25) is 0 Å². The van der Waals surface area contributed by atoms with Crippen molar-refractivity contribution in [2.24, 2.45) is 0 Å². The molecule has 1 amide bonds. The maximum absolute atomic E-state index is 13.3. The van der Waals surface area contributed by atoms with Gasteiger partial charge in [0.2, 0.25) is 5.85 Å². The van der Waals surface area contributed by atoms with Crippen LogP contribution < -0.4 is 0 Å². The monoisotopic (exact) mass is 257 g/mol. The fraction of sp³-hybridized carbons (Fsp3) is 0.857. The third-order valence-corrected chi connectivity index (χ3v) is 2.52. The normalized spacial score (nSPS) is 38.5. The Balaban J connectivity index is 3.11. The van der Waals surface area contributed by atoms with Crippen molar-refractivity contribution in [2.75, 3.05) is 6.61 Å². The van der Waals surface area contributed by atoms with Gasteiger partial charge in [-0.25, -0.2) is 4.39 Å². The minimum atomic E-state index is -5.36. The molecular formula is C7H8BF4NO4. The van der Waals surface area contributed by atoms with E-state index in [0.717, 1.165) is 0 Å². The number of hydrogen-bond acceptors (Lipinski definition) is 4. The third kappa shape index (κ3) is 2.12. The minimum Gasteiger partial charge on any atom is -0.394 e. The molecule has 1 aliphatic rings. The van der Waals surface area contributed by atoms with E-state index in [2.05, 4.69) is 0 Å². The number of carbonyl (C=O) groups excluding carboxylic acids is 1. The molecule has 1 saturated heterocycles. The van der Waals surface area contributed by atoms with Gasteiger partial charge in [-0.05, 0) is 0 Å². The van der Waals surface area contributed by atoms with Gasteiger partial charge in [-0.1, -0.05) is 0 Å². The molecule has 0 aromatic carbocycles. The molecule has 1 heterocycles. The summed E-state index contributed by atoms with van der Waals surface area (Å²) >= 11 is 0. The summed E-state index contributed by atoms with van der Waals surface area (Å²) in [5, 5.41) is 26.9. The third-order valence-electron chi connectivity index (χ3n) is 2.52. The lowest BCUT2D eigenvalue weighted by atomic mass is 9.89. The molecule has 0 saturated carbocycles. The van der Waals surface area contributed by atoms with Crippen LogP contribution >= 0.6 is 0 Å². The Morgan fingerprint density at radius 2 is 1.94 bits per heavy atom. The molecule has 1 rings (SSSR count). The number of amides is 1. The number of nitrogens with zero attached hydrogens (tertiary/aromatic N) is 1. The maximum atomic E-state index is 13.3. The largest absolute Gasteiger partial charge is 0.471 e. The number of rotatable bonds is 1. The second kappa shape index (κ2) is 4.11. The molecule has 3 N–H and O–H groups in total. The first-order valence-corrected chi connectivity index (χ1v) is 4.40. The van der Waals surface area contributed by atoms with Crippen molar-refractivity contribution in [1.82, 2.24) is 4.90 Å². The van der Waals surface area contributed by atoms with Crippen molar-refractivity contribution in [1.29, 1.82) is 0 Å². The number of aliphatic hydroxyl groups is 3. The van der Waals surface area contributed by atoms with Gasteiger partial charge in [0.15, 0.2) is 0 Å². The molecule has 0 unspecified atom stereocenters. The first-order chi connectivity index (χ1) is 7.55. The van der Waals surface area contributed by atoms with Crippen molar-refractivity contribution in [3.63, 3.8) is 0 Å². The number of hydrogen-bond donors (Lipinski definition) is 3. The molecule has 4 atom stereocenters. The molecule has 96 valence electrons. The van der Waals surface area contributed by atoms with Gasteiger partial charge >= 0.3 is 12.1 Å². The van der Waals surface area contributed by atoms with Crippen molar-refractivity contribution in [3.8, 4) is 0 Å². The highest BCUT2D eigenvalue weighted by molar-refractivity contribution is 6.14. The molecule has 2 radical (unpaired) electrons. The molecule has 0 aromatic rings. The Kier molecular flexibility index (Phi) is 3.43. The Bertz CT molecular complexity index is 323. The number of halogens is 4. The average molecular weight is 257 g/mol. The van der Waals surface area contributed by atoms with Crippen molar-refractivity contribution < 1.29 is 37.7 Å². The standard InChI is InChI=1S/C7H8BF4NO4/c8-4-6(9,17)3(15)2(1-14)13(4)5(16)7(10,11)12/h2-4,14-15,17H,1H2/t2-,3-,4-,6+/m1/s1. The smallest absolute Gasteiger partial charge is 0.394 e. The highest BCUT2D eigenvalue weighted by Gasteiger charge is 2.61. The van der Waals surface area contributed by atoms with Gasteiger partial charge in [-0.3, -0.25) is 4.79 Å². The van der Waals surface area contributed by atoms with Crippen LogP contribution in [0, 0.1) is 0 Å². The molecule has 1 fully saturated rings. The van der Waals surface area contributed by atoms with Gasteiger partial charge in [0, 0.05) is 0 Å². The van der Waals surface area contributed by atoms with Crippen LogP contribution in [0.25, 0.3) is 0 Å². The van der Waals surface area contributed by atoms with E-state index in [1.54, 1.807) is 0 Å². The van der Waals surface area contributed by atoms with Crippen LogP contribution in [0.3, 0.4) is 0 Å². The lowest BCUT2D eigenvalue weighted by molar-refractivity contribution is -0.190. The highest BCUT2D eigenvalue weighted by Crippen LogP contribution is 2.36.